The highest BCUT2D eigenvalue weighted by Gasteiger charge is 2.24. The molecule has 1 aliphatic heterocycles. The summed E-state index contributed by atoms with van der Waals surface area (Å²) in [7, 11) is -2.10. The number of fused-ring (bicyclic) bond motifs is 1. The van der Waals surface area contributed by atoms with Crippen molar-refractivity contribution in [3.63, 3.8) is 0 Å². The van der Waals surface area contributed by atoms with Crippen molar-refractivity contribution in [1.29, 1.82) is 0 Å². The molecule has 0 atom stereocenters. The number of sulfonamides is 1. The van der Waals surface area contributed by atoms with Gasteiger partial charge in [-0.25, -0.2) is 13.4 Å². The van der Waals surface area contributed by atoms with Gasteiger partial charge in [0.15, 0.2) is 0 Å². The first-order valence-electron chi connectivity index (χ1n) is 11.1. The molecule has 35 heavy (non-hydrogen) atoms. The highest BCUT2D eigenvalue weighted by atomic mass is 32.2. The second-order valence-corrected chi connectivity index (χ2v) is 10.7. The zero-order valence-electron chi connectivity index (χ0n) is 19.0. The van der Waals surface area contributed by atoms with Crippen LogP contribution in [0.3, 0.4) is 0 Å². The van der Waals surface area contributed by atoms with Gasteiger partial charge in [0.25, 0.3) is 15.9 Å². The number of methoxy groups -OCH3 is 1. The van der Waals surface area contributed by atoms with Gasteiger partial charge in [0.2, 0.25) is 0 Å². The summed E-state index contributed by atoms with van der Waals surface area (Å²) in [4.78, 5) is 21.4. The number of nitrogens with zero attached hydrogens (tertiary/aromatic N) is 3. The number of anilines is 2. The Hall–Kier alpha value is -3.63. The van der Waals surface area contributed by atoms with Gasteiger partial charge in [0.1, 0.15) is 5.75 Å². The fraction of sp³-hybridized carbons (Fsp3) is 0.200. The number of para-hydroxylation sites is 2. The van der Waals surface area contributed by atoms with E-state index < -0.39 is 10.0 Å². The topological polar surface area (TPSA) is 91.8 Å². The maximum Gasteiger partial charge on any atom is 0.261 e. The Morgan fingerprint density at radius 2 is 1.74 bits per heavy atom. The summed E-state index contributed by atoms with van der Waals surface area (Å²) in [6.45, 7) is 2.58. The highest BCUT2D eigenvalue weighted by molar-refractivity contribution is 7.92. The van der Waals surface area contributed by atoms with E-state index in [9.17, 15) is 13.2 Å². The first-order valence-corrected chi connectivity index (χ1v) is 13.4. The van der Waals surface area contributed by atoms with Crippen LogP contribution in [0.4, 0.5) is 11.4 Å². The molecule has 5 rings (SSSR count). The van der Waals surface area contributed by atoms with Crippen LogP contribution in [0.5, 0.6) is 5.75 Å². The van der Waals surface area contributed by atoms with Crippen molar-refractivity contribution < 1.29 is 17.9 Å². The predicted molar refractivity (Wildman–Crippen MR) is 138 cm³/mol. The first kappa shape index (κ1) is 23.1. The summed E-state index contributed by atoms with van der Waals surface area (Å²) in [5, 5.41) is 0. The van der Waals surface area contributed by atoms with Gasteiger partial charge < -0.3 is 14.5 Å². The van der Waals surface area contributed by atoms with E-state index in [2.05, 4.69) is 14.6 Å². The quantitative estimate of drug-likeness (QED) is 0.422. The van der Waals surface area contributed by atoms with Gasteiger partial charge in [-0.15, -0.1) is 11.3 Å². The Morgan fingerprint density at radius 3 is 2.49 bits per heavy atom. The van der Waals surface area contributed by atoms with Crippen LogP contribution in [0.1, 0.15) is 10.4 Å². The Bertz CT molecular complexity index is 1460. The molecular formula is C25H24N4O4S2. The molecule has 2 heterocycles. The monoisotopic (exact) mass is 508 g/mol. The van der Waals surface area contributed by atoms with E-state index in [1.807, 2.05) is 29.2 Å². The lowest BCUT2D eigenvalue weighted by atomic mass is 10.1. The zero-order valence-corrected chi connectivity index (χ0v) is 20.7. The molecule has 1 amide bonds. The third-order valence-corrected chi connectivity index (χ3v) is 8.16. The molecule has 180 valence electrons. The van der Waals surface area contributed by atoms with Crippen LogP contribution in [-0.2, 0) is 10.0 Å². The molecule has 0 spiro atoms. The summed E-state index contributed by atoms with van der Waals surface area (Å²) >= 11 is 1.39. The van der Waals surface area contributed by atoms with Gasteiger partial charge in [0.05, 0.1) is 33.4 Å². The van der Waals surface area contributed by atoms with Gasteiger partial charge in [0, 0.05) is 37.4 Å². The van der Waals surface area contributed by atoms with Crippen molar-refractivity contribution in [1.82, 2.24) is 9.88 Å². The number of carbonyl (C=O) groups is 1. The molecule has 10 heteroatoms. The van der Waals surface area contributed by atoms with Gasteiger partial charge in [-0.3, -0.25) is 9.52 Å². The van der Waals surface area contributed by atoms with Gasteiger partial charge in [-0.05, 0) is 54.6 Å². The minimum absolute atomic E-state index is 0.0743. The third-order valence-electron chi connectivity index (χ3n) is 5.99. The summed E-state index contributed by atoms with van der Waals surface area (Å²) in [6.07, 6.45) is 0. The van der Waals surface area contributed by atoms with E-state index in [0.29, 0.717) is 37.4 Å². The number of nitrogens with one attached hydrogen (secondary N) is 1. The summed E-state index contributed by atoms with van der Waals surface area (Å²) in [5.41, 5.74) is 4.38. The smallest absolute Gasteiger partial charge is 0.261 e. The molecule has 4 aromatic rings. The van der Waals surface area contributed by atoms with E-state index in [-0.39, 0.29) is 10.8 Å². The molecule has 1 aliphatic rings. The number of rotatable bonds is 6. The van der Waals surface area contributed by atoms with Crippen molar-refractivity contribution in [2.24, 2.45) is 0 Å². The first-order chi connectivity index (χ1) is 16.9. The molecule has 0 saturated carbocycles. The van der Waals surface area contributed by atoms with E-state index >= 15 is 0 Å². The Kier molecular flexibility index (Phi) is 6.31. The van der Waals surface area contributed by atoms with Crippen molar-refractivity contribution in [3.05, 3.63) is 77.8 Å². The molecular weight excluding hydrogens is 484 g/mol. The standard InChI is InChI=1S/C25H24N4O4S2/c1-33-23-5-3-2-4-22(23)28-12-14-29(15-13-28)25(30)18-6-8-19(9-7-18)27-35(31,32)20-10-11-21-24(16-20)34-17-26-21/h2-11,16-17,27H,12-15H2,1H3. The lowest BCUT2D eigenvalue weighted by Gasteiger charge is -2.36. The average Bonchev–Trinajstić information content (AvgIpc) is 3.37. The third kappa shape index (κ3) is 4.80. The van der Waals surface area contributed by atoms with Crippen LogP contribution < -0.4 is 14.4 Å². The Balaban J connectivity index is 1.23. The minimum Gasteiger partial charge on any atom is -0.495 e. The highest BCUT2D eigenvalue weighted by Crippen LogP contribution is 2.29. The molecule has 0 unspecified atom stereocenters. The van der Waals surface area contributed by atoms with E-state index in [0.717, 1.165) is 21.7 Å². The Morgan fingerprint density at radius 1 is 1.00 bits per heavy atom. The number of piperazine rings is 1. The number of thiazole rings is 1. The maximum atomic E-state index is 13.0. The lowest BCUT2D eigenvalue weighted by Crippen LogP contribution is -2.48. The molecule has 3 aromatic carbocycles. The van der Waals surface area contributed by atoms with Crippen molar-refractivity contribution >= 4 is 48.9 Å². The van der Waals surface area contributed by atoms with E-state index in [4.69, 9.17) is 4.74 Å². The number of hydrogen-bond acceptors (Lipinski definition) is 7. The normalized spacial score (nSPS) is 14.2. The number of hydrogen-bond donors (Lipinski definition) is 1. The molecule has 1 fully saturated rings. The molecule has 1 N–H and O–H groups in total. The molecule has 1 aromatic heterocycles. The van der Waals surface area contributed by atoms with Gasteiger partial charge >= 0.3 is 0 Å². The zero-order chi connectivity index (χ0) is 24.4. The SMILES string of the molecule is COc1ccccc1N1CCN(C(=O)c2ccc(NS(=O)(=O)c3ccc4ncsc4c3)cc2)CC1. The van der Waals surface area contributed by atoms with Crippen LogP contribution in [0, 0.1) is 0 Å². The summed E-state index contributed by atoms with van der Waals surface area (Å²) in [6, 6.07) is 19.2. The number of benzene rings is 3. The number of ether oxygens (including phenoxy) is 1. The van der Waals surface area contributed by atoms with Crippen LogP contribution in [-0.4, -0.2) is 57.5 Å². The number of amides is 1. The van der Waals surface area contributed by atoms with Crippen LogP contribution in [0.25, 0.3) is 10.2 Å². The van der Waals surface area contributed by atoms with E-state index in [1.165, 1.54) is 17.4 Å². The summed E-state index contributed by atoms with van der Waals surface area (Å²) < 4.78 is 34.5. The maximum absolute atomic E-state index is 13.0. The molecule has 0 radical (unpaired) electrons. The predicted octanol–water partition coefficient (Wildman–Crippen LogP) is 4.07. The molecule has 0 bridgehead atoms. The fourth-order valence-electron chi connectivity index (χ4n) is 4.12. The number of aromatic nitrogens is 1. The molecule has 1 saturated heterocycles. The summed E-state index contributed by atoms with van der Waals surface area (Å²) in [5.74, 6) is 0.743. The number of carbonyl (C=O) groups excluding carboxylic acids is 1. The second kappa shape index (κ2) is 9.55. The minimum atomic E-state index is -3.76. The Labute approximate surface area is 207 Å². The lowest BCUT2D eigenvalue weighted by molar-refractivity contribution is 0.0746. The van der Waals surface area contributed by atoms with Crippen LogP contribution in [0.2, 0.25) is 0 Å². The van der Waals surface area contributed by atoms with Crippen LogP contribution in [0.15, 0.2) is 77.1 Å². The average molecular weight is 509 g/mol. The second-order valence-electron chi connectivity index (χ2n) is 8.12. The fourth-order valence-corrected chi connectivity index (χ4v) is 6.00. The van der Waals surface area contributed by atoms with Crippen molar-refractivity contribution in [2.75, 3.05) is 42.9 Å². The van der Waals surface area contributed by atoms with Crippen LogP contribution >= 0.6 is 11.3 Å². The van der Waals surface area contributed by atoms with E-state index in [1.54, 1.807) is 49.0 Å². The largest absolute Gasteiger partial charge is 0.495 e. The molecule has 8 nitrogen and oxygen atoms in total. The van der Waals surface area contributed by atoms with Crippen molar-refractivity contribution in [2.45, 2.75) is 4.90 Å². The van der Waals surface area contributed by atoms with Gasteiger partial charge in [-0.1, -0.05) is 12.1 Å². The van der Waals surface area contributed by atoms with Gasteiger partial charge in [-0.2, -0.15) is 0 Å². The van der Waals surface area contributed by atoms with Crippen molar-refractivity contribution in [3.8, 4) is 5.75 Å². The molecule has 0 aliphatic carbocycles.